The van der Waals surface area contributed by atoms with Gasteiger partial charge in [-0.2, -0.15) is 0 Å². The van der Waals surface area contributed by atoms with Gasteiger partial charge in [0, 0.05) is 84.5 Å². The number of thiophene rings is 2. The lowest BCUT2D eigenvalue weighted by Gasteiger charge is -2.11. The first kappa shape index (κ1) is 32.3. The summed E-state index contributed by atoms with van der Waals surface area (Å²) in [4.78, 5) is 15.3. The number of aromatic nitrogens is 3. The highest BCUT2D eigenvalue weighted by atomic mass is 32.1. The molecule has 12 rings (SSSR count). The van der Waals surface area contributed by atoms with Crippen LogP contribution in [-0.4, -0.2) is 15.0 Å². The van der Waals surface area contributed by atoms with Crippen LogP contribution in [0.25, 0.3) is 119 Å². The fourth-order valence-electron chi connectivity index (χ4n) is 8.33. The molecule has 6 heteroatoms. The van der Waals surface area contributed by atoms with E-state index in [2.05, 4.69) is 133 Å². The van der Waals surface area contributed by atoms with E-state index in [0.717, 1.165) is 55.1 Å². The predicted octanol–water partition coefficient (Wildman–Crippen LogP) is 14.8. The largest absolute Gasteiger partial charge is 0.455 e. The van der Waals surface area contributed by atoms with Crippen molar-refractivity contribution in [1.29, 1.82) is 0 Å². The summed E-state index contributed by atoms with van der Waals surface area (Å²) in [7, 11) is 0. The molecular formula is C51H29N3OS2. The van der Waals surface area contributed by atoms with Crippen LogP contribution in [0.1, 0.15) is 0 Å². The zero-order chi connectivity index (χ0) is 37.5. The molecule has 4 heterocycles. The van der Waals surface area contributed by atoms with E-state index in [1.165, 1.54) is 46.1 Å². The molecule has 4 aromatic heterocycles. The van der Waals surface area contributed by atoms with Gasteiger partial charge in [0.25, 0.3) is 0 Å². The van der Waals surface area contributed by atoms with Crippen LogP contribution in [0.3, 0.4) is 0 Å². The fourth-order valence-corrected chi connectivity index (χ4v) is 10.8. The van der Waals surface area contributed by atoms with Gasteiger partial charge >= 0.3 is 0 Å². The zero-order valence-electron chi connectivity index (χ0n) is 30.3. The van der Waals surface area contributed by atoms with E-state index in [9.17, 15) is 0 Å². The van der Waals surface area contributed by atoms with E-state index in [-0.39, 0.29) is 0 Å². The molecule has 0 N–H and O–H groups in total. The highest BCUT2D eigenvalue weighted by molar-refractivity contribution is 7.27. The van der Waals surface area contributed by atoms with Crippen LogP contribution >= 0.6 is 22.7 Å². The molecule has 0 spiro atoms. The van der Waals surface area contributed by atoms with Crippen molar-refractivity contribution < 1.29 is 4.42 Å². The number of rotatable bonds is 5. The number of para-hydroxylation sites is 2. The van der Waals surface area contributed by atoms with Crippen molar-refractivity contribution in [1.82, 2.24) is 15.0 Å². The minimum atomic E-state index is 0.653. The quantitative estimate of drug-likeness (QED) is 0.175. The van der Waals surface area contributed by atoms with E-state index >= 15 is 0 Å². The maximum atomic E-state index is 6.59. The van der Waals surface area contributed by atoms with Gasteiger partial charge in [-0.05, 0) is 35.9 Å². The van der Waals surface area contributed by atoms with Crippen LogP contribution in [0.15, 0.2) is 180 Å². The van der Waals surface area contributed by atoms with E-state index in [1.807, 2.05) is 65.1 Å². The molecule has 0 aliphatic carbocycles. The maximum absolute atomic E-state index is 6.59. The zero-order valence-corrected chi connectivity index (χ0v) is 31.9. The van der Waals surface area contributed by atoms with Gasteiger partial charge in [0.05, 0.1) is 0 Å². The molecule has 0 amide bonds. The van der Waals surface area contributed by atoms with Crippen LogP contribution in [0.5, 0.6) is 0 Å². The van der Waals surface area contributed by atoms with E-state index in [4.69, 9.17) is 19.4 Å². The summed E-state index contributed by atoms with van der Waals surface area (Å²) in [6.45, 7) is 0. The second-order valence-electron chi connectivity index (χ2n) is 14.3. The lowest BCUT2D eigenvalue weighted by atomic mass is 9.94. The molecule has 4 nitrogen and oxygen atoms in total. The number of fused-ring (bicyclic) bond motifs is 9. The minimum absolute atomic E-state index is 0.653. The highest BCUT2D eigenvalue weighted by Crippen LogP contribution is 2.49. The molecule has 12 aromatic rings. The number of nitrogens with zero attached hydrogens (tertiary/aromatic N) is 3. The summed E-state index contributed by atoms with van der Waals surface area (Å²) in [5.41, 5.74) is 9.36. The molecule has 8 aromatic carbocycles. The fraction of sp³-hybridized carbons (Fsp3) is 0. The Hall–Kier alpha value is -6.99. The van der Waals surface area contributed by atoms with Crippen LogP contribution < -0.4 is 0 Å². The lowest BCUT2D eigenvalue weighted by molar-refractivity contribution is 0.670. The monoisotopic (exact) mass is 763 g/mol. The third-order valence-corrected chi connectivity index (χ3v) is 13.4. The topological polar surface area (TPSA) is 51.8 Å². The van der Waals surface area contributed by atoms with Crippen molar-refractivity contribution >= 4 is 85.0 Å². The van der Waals surface area contributed by atoms with Gasteiger partial charge in [0.1, 0.15) is 11.2 Å². The molecule has 0 unspecified atom stereocenters. The Morgan fingerprint density at radius 2 is 0.912 bits per heavy atom. The van der Waals surface area contributed by atoms with Gasteiger partial charge in [-0.3, -0.25) is 0 Å². The second-order valence-corrected chi connectivity index (χ2v) is 16.4. The van der Waals surface area contributed by atoms with Crippen LogP contribution in [0.4, 0.5) is 0 Å². The van der Waals surface area contributed by atoms with Crippen LogP contribution in [0.2, 0.25) is 0 Å². The Morgan fingerprint density at radius 1 is 0.351 bits per heavy atom. The molecule has 266 valence electrons. The van der Waals surface area contributed by atoms with Crippen molar-refractivity contribution in [3.05, 3.63) is 176 Å². The Balaban J connectivity index is 1.11. The van der Waals surface area contributed by atoms with Gasteiger partial charge < -0.3 is 4.42 Å². The normalized spacial score (nSPS) is 11.9. The predicted molar refractivity (Wildman–Crippen MR) is 240 cm³/mol. The standard InChI is InChI=1S/C51H29N3OS2/c1-3-14-30(15-4-1)49-52-50(31-16-5-2-6-17-31)54-51(53-49)39-24-13-27-44-45(39)38-23-12-22-37(47(38)57-44)41-29-32(28-40-35-19-8-10-26-43(35)56-48(40)41)33-20-11-21-36-34-18-7-9-25-42(34)55-46(33)36/h1-29H. The molecule has 0 fully saturated rings. The van der Waals surface area contributed by atoms with Crippen molar-refractivity contribution in [3.63, 3.8) is 0 Å². The van der Waals surface area contributed by atoms with Gasteiger partial charge in [-0.1, -0.05) is 146 Å². The lowest BCUT2D eigenvalue weighted by Crippen LogP contribution is -2.00. The summed E-state index contributed by atoms with van der Waals surface area (Å²) in [5, 5.41) is 7.11. The summed E-state index contributed by atoms with van der Waals surface area (Å²) in [5.74, 6) is 1.96. The second kappa shape index (κ2) is 12.8. The molecule has 0 saturated heterocycles. The maximum Gasteiger partial charge on any atom is 0.164 e. The Labute approximate surface area is 335 Å². The highest BCUT2D eigenvalue weighted by Gasteiger charge is 2.22. The number of hydrogen-bond donors (Lipinski definition) is 0. The minimum Gasteiger partial charge on any atom is -0.455 e. The third kappa shape index (κ3) is 5.15. The number of hydrogen-bond acceptors (Lipinski definition) is 6. The third-order valence-electron chi connectivity index (χ3n) is 10.9. The SMILES string of the molecule is c1ccc(-c2nc(-c3ccccc3)nc(-c3cccc4sc5c(-c6cc(-c7cccc8c7oc7ccccc78)cc7c6sc6ccccc67)cccc5c34)n2)cc1. The van der Waals surface area contributed by atoms with E-state index in [0.29, 0.717) is 17.5 Å². The Morgan fingerprint density at radius 3 is 1.70 bits per heavy atom. The molecule has 0 bridgehead atoms. The first-order valence-electron chi connectivity index (χ1n) is 18.9. The summed E-state index contributed by atoms with van der Waals surface area (Å²) >= 11 is 3.69. The molecule has 0 aliphatic heterocycles. The van der Waals surface area contributed by atoms with Gasteiger partial charge in [-0.25, -0.2) is 15.0 Å². The van der Waals surface area contributed by atoms with Crippen molar-refractivity contribution in [2.45, 2.75) is 0 Å². The van der Waals surface area contributed by atoms with Crippen molar-refractivity contribution in [2.75, 3.05) is 0 Å². The summed E-state index contributed by atoms with van der Waals surface area (Å²) in [6, 6.07) is 61.9. The van der Waals surface area contributed by atoms with Crippen molar-refractivity contribution in [3.8, 4) is 56.4 Å². The van der Waals surface area contributed by atoms with Gasteiger partial charge in [0.15, 0.2) is 17.5 Å². The Kier molecular flexibility index (Phi) is 7.24. The molecule has 0 aliphatic rings. The van der Waals surface area contributed by atoms with Gasteiger partial charge in [0.2, 0.25) is 0 Å². The molecule has 0 saturated carbocycles. The van der Waals surface area contributed by atoms with Gasteiger partial charge in [-0.15, -0.1) is 22.7 Å². The van der Waals surface area contributed by atoms with Crippen molar-refractivity contribution in [2.24, 2.45) is 0 Å². The summed E-state index contributed by atoms with van der Waals surface area (Å²) < 4.78 is 11.6. The molecule has 0 atom stereocenters. The molecular weight excluding hydrogens is 735 g/mol. The number of furan rings is 1. The molecule has 57 heavy (non-hydrogen) atoms. The first-order chi connectivity index (χ1) is 28.2. The van der Waals surface area contributed by atoms with E-state index < -0.39 is 0 Å². The average molecular weight is 764 g/mol. The van der Waals surface area contributed by atoms with Crippen LogP contribution in [-0.2, 0) is 0 Å². The summed E-state index contributed by atoms with van der Waals surface area (Å²) in [6.07, 6.45) is 0. The first-order valence-corrected chi connectivity index (χ1v) is 20.6. The Bertz CT molecular complexity index is 3470. The van der Waals surface area contributed by atoms with E-state index in [1.54, 1.807) is 0 Å². The number of benzene rings is 8. The smallest absolute Gasteiger partial charge is 0.164 e. The molecule has 0 radical (unpaired) electrons. The van der Waals surface area contributed by atoms with Crippen LogP contribution in [0, 0.1) is 0 Å². The average Bonchev–Trinajstić information content (AvgIpc) is 3.98.